The van der Waals surface area contributed by atoms with Crippen molar-refractivity contribution in [2.45, 2.75) is 9.79 Å². The number of fused-ring (bicyclic) bond motifs is 1. The minimum Gasteiger partial charge on any atom is -0.358 e. The third kappa shape index (κ3) is 3.30. The van der Waals surface area contributed by atoms with Gasteiger partial charge in [0.1, 0.15) is 0 Å². The van der Waals surface area contributed by atoms with E-state index in [-0.39, 0.29) is 9.79 Å². The number of H-pyrrole nitrogens is 1. The molecule has 0 unspecified atom stereocenters. The Bertz CT molecular complexity index is 1170. The number of hydrogen-bond acceptors (Lipinski definition) is 4. The molecular weight excluding hydrogens is 398 g/mol. The summed E-state index contributed by atoms with van der Waals surface area (Å²) >= 11 is 6.05. The predicted molar refractivity (Wildman–Crippen MR) is 101 cm³/mol. The second kappa shape index (κ2) is 6.58. The van der Waals surface area contributed by atoms with Gasteiger partial charge in [0.15, 0.2) is 0 Å². The van der Waals surface area contributed by atoms with Crippen LogP contribution in [-0.4, -0.2) is 40.2 Å². The Balaban J connectivity index is 1.96. The number of anilines is 1. The van der Waals surface area contributed by atoms with Crippen molar-refractivity contribution in [2.75, 3.05) is 18.8 Å². The average molecular weight is 414 g/mol. The quantitative estimate of drug-likeness (QED) is 0.671. The zero-order valence-electron chi connectivity index (χ0n) is 13.9. The highest BCUT2D eigenvalue weighted by molar-refractivity contribution is 7.92. The van der Waals surface area contributed by atoms with Crippen LogP contribution in [0.15, 0.2) is 58.5 Å². The van der Waals surface area contributed by atoms with Crippen LogP contribution in [0, 0.1) is 0 Å². The zero-order valence-corrected chi connectivity index (χ0v) is 16.3. The van der Waals surface area contributed by atoms with Gasteiger partial charge in [-0.25, -0.2) is 21.1 Å². The number of benzene rings is 2. The molecule has 7 nitrogen and oxygen atoms in total. The normalized spacial score (nSPS) is 12.6. The van der Waals surface area contributed by atoms with Crippen molar-refractivity contribution in [3.8, 4) is 0 Å². The van der Waals surface area contributed by atoms with Crippen molar-refractivity contribution in [2.24, 2.45) is 0 Å². The molecule has 10 heteroatoms. The Morgan fingerprint density at radius 1 is 0.962 bits per heavy atom. The second-order valence-corrected chi connectivity index (χ2v) is 9.97. The number of para-hydroxylation sites is 1. The van der Waals surface area contributed by atoms with E-state index in [4.69, 9.17) is 11.6 Å². The molecule has 26 heavy (non-hydrogen) atoms. The molecule has 0 amide bonds. The Morgan fingerprint density at radius 3 is 2.19 bits per heavy atom. The third-order valence-electron chi connectivity index (χ3n) is 3.82. The molecule has 1 aromatic heterocycles. The molecular formula is C16H16ClN3O4S2. The molecule has 1 heterocycles. The molecule has 0 radical (unpaired) electrons. The Morgan fingerprint density at radius 2 is 1.58 bits per heavy atom. The second-order valence-electron chi connectivity index (χ2n) is 5.73. The first-order valence-corrected chi connectivity index (χ1v) is 10.7. The molecule has 2 aromatic carbocycles. The molecule has 0 aliphatic heterocycles. The van der Waals surface area contributed by atoms with E-state index in [1.165, 1.54) is 38.4 Å². The van der Waals surface area contributed by atoms with E-state index >= 15 is 0 Å². The van der Waals surface area contributed by atoms with Gasteiger partial charge in [-0.2, -0.15) is 0 Å². The molecule has 138 valence electrons. The van der Waals surface area contributed by atoms with E-state index in [2.05, 4.69) is 9.71 Å². The maximum atomic E-state index is 12.6. The number of hydrogen-bond donors (Lipinski definition) is 2. The lowest BCUT2D eigenvalue weighted by Gasteiger charge is -2.12. The Hall–Kier alpha value is -2.07. The molecule has 0 spiro atoms. The number of aromatic amines is 1. The lowest BCUT2D eigenvalue weighted by Crippen LogP contribution is -2.22. The van der Waals surface area contributed by atoms with Crippen LogP contribution in [0.2, 0.25) is 5.02 Å². The van der Waals surface area contributed by atoms with E-state index in [9.17, 15) is 16.8 Å². The topological polar surface area (TPSA) is 99.3 Å². The summed E-state index contributed by atoms with van der Waals surface area (Å²) in [5.74, 6) is 0. The molecule has 3 aromatic rings. The number of rotatable bonds is 5. The van der Waals surface area contributed by atoms with E-state index < -0.39 is 20.0 Å². The molecule has 0 saturated carbocycles. The van der Waals surface area contributed by atoms with Gasteiger partial charge in [0, 0.05) is 25.7 Å². The maximum absolute atomic E-state index is 12.6. The predicted octanol–water partition coefficient (Wildman–Crippen LogP) is 2.87. The van der Waals surface area contributed by atoms with Crippen LogP contribution in [0.5, 0.6) is 0 Å². The number of nitrogens with one attached hydrogen (secondary N) is 2. The highest BCUT2D eigenvalue weighted by atomic mass is 35.5. The minimum absolute atomic E-state index is 0.0136. The van der Waals surface area contributed by atoms with Gasteiger partial charge < -0.3 is 4.98 Å². The standard InChI is InChI=1S/C16H16ClN3O4S2/c1-20(2)26(23,24)12-8-6-11(7-9-12)25(21,22)19-15-5-3-4-13-14(17)10-18-16(13)15/h3-10,18-19H,1-2H3. The van der Waals surface area contributed by atoms with Gasteiger partial charge >= 0.3 is 0 Å². The smallest absolute Gasteiger partial charge is 0.261 e. The fraction of sp³-hybridized carbons (Fsp3) is 0.125. The van der Waals surface area contributed by atoms with E-state index in [0.29, 0.717) is 21.6 Å². The van der Waals surface area contributed by atoms with Gasteiger partial charge in [-0.15, -0.1) is 0 Å². The highest BCUT2D eigenvalue weighted by Gasteiger charge is 2.20. The summed E-state index contributed by atoms with van der Waals surface area (Å²) in [7, 11) is -4.71. The fourth-order valence-corrected chi connectivity index (χ4v) is 4.60. The number of nitrogens with zero attached hydrogens (tertiary/aromatic N) is 1. The molecule has 0 aliphatic carbocycles. The molecule has 2 N–H and O–H groups in total. The number of halogens is 1. The van der Waals surface area contributed by atoms with Crippen molar-refractivity contribution < 1.29 is 16.8 Å². The van der Waals surface area contributed by atoms with Crippen LogP contribution in [0.4, 0.5) is 5.69 Å². The molecule has 0 aliphatic rings. The fourth-order valence-electron chi connectivity index (χ4n) is 2.41. The average Bonchev–Trinajstić information content (AvgIpc) is 2.97. The van der Waals surface area contributed by atoms with Crippen LogP contribution in [-0.2, 0) is 20.0 Å². The first-order chi connectivity index (χ1) is 12.1. The van der Waals surface area contributed by atoms with Crippen molar-refractivity contribution in [1.82, 2.24) is 9.29 Å². The van der Waals surface area contributed by atoms with Gasteiger partial charge in [-0.1, -0.05) is 23.7 Å². The van der Waals surface area contributed by atoms with Crippen LogP contribution >= 0.6 is 11.6 Å². The van der Waals surface area contributed by atoms with E-state index in [1.54, 1.807) is 24.4 Å². The monoisotopic (exact) mass is 413 g/mol. The number of aromatic nitrogens is 1. The van der Waals surface area contributed by atoms with E-state index in [1.807, 2.05) is 0 Å². The van der Waals surface area contributed by atoms with Crippen LogP contribution in [0.3, 0.4) is 0 Å². The summed E-state index contributed by atoms with van der Waals surface area (Å²) in [6.07, 6.45) is 1.57. The summed E-state index contributed by atoms with van der Waals surface area (Å²) in [6, 6.07) is 10.1. The maximum Gasteiger partial charge on any atom is 0.261 e. The summed E-state index contributed by atoms with van der Waals surface area (Å²) in [6.45, 7) is 0. The summed E-state index contributed by atoms with van der Waals surface area (Å²) in [5.41, 5.74) is 0.910. The molecule has 3 rings (SSSR count). The lowest BCUT2D eigenvalue weighted by atomic mass is 10.2. The van der Waals surface area contributed by atoms with Gasteiger partial charge in [0.05, 0.1) is 26.0 Å². The molecule has 0 saturated heterocycles. The van der Waals surface area contributed by atoms with Crippen LogP contribution in [0.25, 0.3) is 10.9 Å². The SMILES string of the molecule is CN(C)S(=O)(=O)c1ccc(S(=O)(=O)Nc2cccc3c(Cl)c[nH]c23)cc1. The Labute approximate surface area is 156 Å². The van der Waals surface area contributed by atoms with Crippen molar-refractivity contribution >= 4 is 48.2 Å². The summed E-state index contributed by atoms with van der Waals surface area (Å²) in [5, 5.41) is 1.18. The van der Waals surface area contributed by atoms with Gasteiger partial charge in [0.25, 0.3) is 10.0 Å². The number of sulfonamides is 2. The molecule has 0 atom stereocenters. The minimum atomic E-state index is -3.90. The van der Waals surface area contributed by atoms with Gasteiger partial charge in [0.2, 0.25) is 10.0 Å². The summed E-state index contributed by atoms with van der Waals surface area (Å²) < 4.78 is 53.0. The lowest BCUT2D eigenvalue weighted by molar-refractivity contribution is 0.520. The van der Waals surface area contributed by atoms with Crippen molar-refractivity contribution in [1.29, 1.82) is 0 Å². The first kappa shape index (κ1) is 18.7. The molecule has 0 bridgehead atoms. The highest BCUT2D eigenvalue weighted by Crippen LogP contribution is 2.30. The van der Waals surface area contributed by atoms with Crippen LogP contribution in [0.1, 0.15) is 0 Å². The van der Waals surface area contributed by atoms with E-state index in [0.717, 1.165) is 4.31 Å². The first-order valence-electron chi connectivity index (χ1n) is 7.44. The van der Waals surface area contributed by atoms with Gasteiger partial charge in [-0.3, -0.25) is 4.72 Å². The van der Waals surface area contributed by atoms with Gasteiger partial charge in [-0.05, 0) is 30.3 Å². The van der Waals surface area contributed by atoms with Crippen LogP contribution < -0.4 is 4.72 Å². The third-order valence-corrected chi connectivity index (χ3v) is 7.35. The zero-order chi connectivity index (χ0) is 19.1. The van der Waals surface area contributed by atoms with Crippen molar-refractivity contribution in [3.05, 3.63) is 53.7 Å². The molecule has 0 fully saturated rings. The largest absolute Gasteiger partial charge is 0.358 e. The Kier molecular flexibility index (Phi) is 4.74. The van der Waals surface area contributed by atoms with Crippen molar-refractivity contribution in [3.63, 3.8) is 0 Å². The summed E-state index contributed by atoms with van der Waals surface area (Å²) in [4.78, 5) is 2.89.